The predicted octanol–water partition coefficient (Wildman–Crippen LogP) is 1.94. The zero-order valence-corrected chi connectivity index (χ0v) is 16.5. The average Bonchev–Trinajstić information content (AvgIpc) is 3.06. The summed E-state index contributed by atoms with van der Waals surface area (Å²) in [5.74, 6) is -0.298. The first-order chi connectivity index (χ1) is 13.3. The van der Waals surface area contributed by atoms with Crippen molar-refractivity contribution in [2.75, 3.05) is 26.7 Å². The third-order valence-corrected chi connectivity index (χ3v) is 6.18. The molecule has 0 aliphatic carbocycles. The maximum Gasteiger partial charge on any atom is 0.326 e. The topological polar surface area (TPSA) is 87.2 Å². The second-order valence-corrected chi connectivity index (χ2v) is 7.90. The molecule has 7 nitrogen and oxygen atoms in total. The molecule has 28 heavy (non-hydrogen) atoms. The van der Waals surface area contributed by atoms with E-state index >= 15 is 0 Å². The Kier molecular flexibility index (Phi) is 5.91. The number of benzene rings is 1. The van der Waals surface area contributed by atoms with Crippen LogP contribution in [-0.2, 0) is 20.8 Å². The molecule has 2 aliphatic rings. The number of hydrogen-bond donors (Lipinski definition) is 1. The van der Waals surface area contributed by atoms with Crippen molar-refractivity contribution in [3.8, 4) is 5.75 Å². The van der Waals surface area contributed by atoms with E-state index in [-0.39, 0.29) is 23.7 Å². The van der Waals surface area contributed by atoms with Gasteiger partial charge in [0, 0.05) is 33.0 Å². The fourth-order valence-corrected chi connectivity index (χ4v) is 4.49. The molecule has 2 heterocycles. The summed E-state index contributed by atoms with van der Waals surface area (Å²) in [4.78, 5) is 39.6. The Morgan fingerprint density at radius 1 is 1.21 bits per heavy atom. The maximum atomic E-state index is 12.9. The van der Waals surface area contributed by atoms with Gasteiger partial charge < -0.3 is 19.6 Å². The quantitative estimate of drug-likeness (QED) is 0.833. The largest absolute Gasteiger partial charge is 0.496 e. The van der Waals surface area contributed by atoms with Gasteiger partial charge in [0.15, 0.2) is 0 Å². The normalized spacial score (nSPS) is 21.0. The molecule has 0 aromatic heterocycles. The lowest BCUT2D eigenvalue weighted by Crippen LogP contribution is -2.44. The van der Waals surface area contributed by atoms with Crippen LogP contribution in [0, 0.1) is 5.41 Å². The Morgan fingerprint density at radius 2 is 1.89 bits per heavy atom. The number of hydrogen-bond acceptors (Lipinski definition) is 4. The summed E-state index contributed by atoms with van der Waals surface area (Å²) in [5.41, 5.74) is 0.739. The molecule has 3 rings (SSSR count). The molecule has 1 atom stereocenters. The van der Waals surface area contributed by atoms with Gasteiger partial charge in [-0.3, -0.25) is 9.59 Å². The number of carboxylic acids is 1. The van der Waals surface area contributed by atoms with Gasteiger partial charge >= 0.3 is 5.97 Å². The number of nitrogens with zero attached hydrogens (tertiary/aromatic N) is 2. The van der Waals surface area contributed by atoms with Gasteiger partial charge in [-0.25, -0.2) is 4.79 Å². The molecule has 2 amide bonds. The van der Waals surface area contributed by atoms with Gasteiger partial charge in [-0.1, -0.05) is 18.2 Å². The molecule has 0 saturated carbocycles. The number of amides is 2. The van der Waals surface area contributed by atoms with Gasteiger partial charge in [0.05, 0.1) is 7.11 Å². The number of rotatable bonds is 5. The van der Waals surface area contributed by atoms with Gasteiger partial charge in [0.2, 0.25) is 11.8 Å². The maximum absolute atomic E-state index is 12.9. The zero-order chi connectivity index (χ0) is 20.3. The standard InChI is InChI=1S/C21H28N2O5/c1-15(24)22-11-9-21(10-12-22)13-17(20(26)27)23(14-21)19(25)8-7-16-5-3-4-6-18(16)28-2/h3-6,17H,7-14H2,1-2H3,(H,26,27). The van der Waals surface area contributed by atoms with Gasteiger partial charge in [-0.15, -0.1) is 0 Å². The summed E-state index contributed by atoms with van der Waals surface area (Å²) < 4.78 is 5.33. The fraction of sp³-hybridized carbons (Fsp3) is 0.571. The summed E-state index contributed by atoms with van der Waals surface area (Å²) in [6, 6.07) is 6.77. The minimum atomic E-state index is -0.948. The van der Waals surface area contributed by atoms with E-state index < -0.39 is 12.0 Å². The van der Waals surface area contributed by atoms with Crippen LogP contribution in [-0.4, -0.2) is 65.5 Å². The van der Waals surface area contributed by atoms with E-state index in [4.69, 9.17) is 4.74 Å². The van der Waals surface area contributed by atoms with Crippen LogP contribution in [0.5, 0.6) is 5.75 Å². The highest BCUT2D eigenvalue weighted by Crippen LogP contribution is 2.43. The number of aliphatic carboxylic acids is 1. The summed E-state index contributed by atoms with van der Waals surface area (Å²) in [5, 5.41) is 9.68. The van der Waals surface area contributed by atoms with Crippen LogP contribution in [0.3, 0.4) is 0 Å². The van der Waals surface area contributed by atoms with Gasteiger partial charge in [0.25, 0.3) is 0 Å². The lowest BCUT2D eigenvalue weighted by molar-refractivity contribution is -0.148. The first kappa shape index (κ1) is 20.2. The molecule has 152 valence electrons. The van der Waals surface area contributed by atoms with Crippen molar-refractivity contribution in [2.45, 2.75) is 45.1 Å². The van der Waals surface area contributed by atoms with Crippen molar-refractivity contribution in [1.82, 2.24) is 9.80 Å². The summed E-state index contributed by atoms with van der Waals surface area (Å²) >= 11 is 0. The molecule has 1 spiro atoms. The fourth-order valence-electron chi connectivity index (χ4n) is 4.49. The Hall–Kier alpha value is -2.57. The van der Waals surface area contributed by atoms with E-state index in [9.17, 15) is 19.5 Å². The monoisotopic (exact) mass is 388 g/mol. The number of piperidine rings is 1. The van der Waals surface area contributed by atoms with Crippen LogP contribution in [0.25, 0.3) is 0 Å². The molecule has 2 fully saturated rings. The highest BCUT2D eigenvalue weighted by atomic mass is 16.5. The van der Waals surface area contributed by atoms with E-state index in [2.05, 4.69) is 0 Å². The lowest BCUT2D eigenvalue weighted by Gasteiger charge is -2.38. The van der Waals surface area contributed by atoms with Crippen LogP contribution in [0.4, 0.5) is 0 Å². The van der Waals surface area contributed by atoms with Gasteiger partial charge in [-0.05, 0) is 42.7 Å². The van der Waals surface area contributed by atoms with Crippen molar-refractivity contribution in [3.63, 3.8) is 0 Å². The third kappa shape index (κ3) is 4.13. The van der Waals surface area contributed by atoms with E-state index in [0.29, 0.717) is 32.5 Å². The van der Waals surface area contributed by atoms with Crippen LogP contribution in [0.1, 0.15) is 38.2 Å². The molecule has 0 bridgehead atoms. The number of carboxylic acid groups (broad SMARTS) is 1. The minimum absolute atomic E-state index is 0.0485. The van der Waals surface area contributed by atoms with Crippen LogP contribution in [0.15, 0.2) is 24.3 Å². The molecule has 1 unspecified atom stereocenters. The molecule has 2 aliphatic heterocycles. The SMILES string of the molecule is COc1ccccc1CCC(=O)N1CC2(CCN(C(C)=O)CC2)CC1C(=O)O. The van der Waals surface area contributed by atoms with E-state index in [1.807, 2.05) is 24.3 Å². The van der Waals surface area contributed by atoms with E-state index in [1.165, 1.54) is 0 Å². The summed E-state index contributed by atoms with van der Waals surface area (Å²) in [6.45, 7) is 3.27. The highest BCUT2D eigenvalue weighted by molar-refractivity contribution is 5.84. The average molecular weight is 388 g/mol. The molecule has 2 saturated heterocycles. The van der Waals surface area contributed by atoms with Gasteiger partial charge in [-0.2, -0.15) is 0 Å². The Labute approximate surface area is 165 Å². The number of aryl methyl sites for hydroxylation is 1. The zero-order valence-electron chi connectivity index (χ0n) is 16.5. The van der Waals surface area contributed by atoms with Gasteiger partial charge in [0.1, 0.15) is 11.8 Å². The number of likely N-dealkylation sites (tertiary alicyclic amines) is 2. The van der Waals surface area contributed by atoms with Crippen molar-refractivity contribution < 1.29 is 24.2 Å². The second-order valence-electron chi connectivity index (χ2n) is 7.90. The molecule has 1 aromatic rings. The molecule has 7 heteroatoms. The Balaban J connectivity index is 1.67. The second kappa shape index (κ2) is 8.20. The third-order valence-electron chi connectivity index (χ3n) is 6.18. The number of carbonyl (C=O) groups is 3. The Morgan fingerprint density at radius 3 is 2.50 bits per heavy atom. The number of methoxy groups -OCH3 is 1. The number of ether oxygens (including phenoxy) is 1. The van der Waals surface area contributed by atoms with Crippen molar-refractivity contribution in [1.29, 1.82) is 0 Å². The predicted molar refractivity (Wildman–Crippen MR) is 103 cm³/mol. The first-order valence-corrected chi connectivity index (χ1v) is 9.75. The Bertz CT molecular complexity index is 755. The van der Waals surface area contributed by atoms with Crippen molar-refractivity contribution in [2.24, 2.45) is 5.41 Å². The molecule has 1 aromatic carbocycles. The lowest BCUT2D eigenvalue weighted by atomic mass is 9.76. The minimum Gasteiger partial charge on any atom is -0.496 e. The molecular weight excluding hydrogens is 360 g/mol. The van der Waals surface area contributed by atoms with Crippen LogP contribution >= 0.6 is 0 Å². The van der Waals surface area contributed by atoms with Crippen molar-refractivity contribution in [3.05, 3.63) is 29.8 Å². The molecule has 1 N–H and O–H groups in total. The van der Waals surface area contributed by atoms with Crippen molar-refractivity contribution >= 4 is 17.8 Å². The summed E-state index contributed by atoms with van der Waals surface area (Å²) in [6.07, 6.45) is 2.71. The van der Waals surface area contributed by atoms with Crippen LogP contribution < -0.4 is 4.74 Å². The summed E-state index contributed by atoms with van der Waals surface area (Å²) in [7, 11) is 1.60. The number of para-hydroxylation sites is 1. The first-order valence-electron chi connectivity index (χ1n) is 9.75. The molecule has 0 radical (unpaired) electrons. The van der Waals surface area contributed by atoms with Crippen LogP contribution in [0.2, 0.25) is 0 Å². The highest BCUT2D eigenvalue weighted by Gasteiger charge is 2.49. The molecular formula is C21H28N2O5. The smallest absolute Gasteiger partial charge is 0.326 e. The van der Waals surface area contributed by atoms with E-state index in [1.54, 1.807) is 23.8 Å². The number of carbonyl (C=O) groups excluding carboxylic acids is 2. The van der Waals surface area contributed by atoms with E-state index in [0.717, 1.165) is 24.2 Å².